The number of rotatable bonds is 6. The van der Waals surface area contributed by atoms with Crippen molar-refractivity contribution in [2.24, 2.45) is 0 Å². The molecule has 2 aliphatic heterocycles. The molecule has 0 aromatic heterocycles. The van der Waals surface area contributed by atoms with Crippen molar-refractivity contribution in [2.75, 3.05) is 52.3 Å². The second kappa shape index (κ2) is 10.2. The molecule has 184 valence electrons. The first kappa shape index (κ1) is 24.3. The fourth-order valence-corrected chi connectivity index (χ4v) is 5.27. The number of anilines is 1. The number of benzene rings is 2. The molecule has 1 amide bonds. The van der Waals surface area contributed by atoms with E-state index in [0.29, 0.717) is 17.8 Å². The van der Waals surface area contributed by atoms with Crippen LogP contribution in [0.15, 0.2) is 30.3 Å². The van der Waals surface area contributed by atoms with Gasteiger partial charge in [0.25, 0.3) is 5.91 Å². The molecule has 2 atom stereocenters. The minimum Gasteiger partial charge on any atom is -0.494 e. The van der Waals surface area contributed by atoms with Crippen LogP contribution in [0.1, 0.15) is 42.0 Å². The zero-order chi connectivity index (χ0) is 24.4. The average Bonchev–Trinajstić information content (AvgIpc) is 2.84. The van der Waals surface area contributed by atoms with Crippen LogP contribution < -0.4 is 14.4 Å². The number of hydrogen-bond acceptors (Lipinski definition) is 5. The van der Waals surface area contributed by atoms with Gasteiger partial charge in [0.05, 0.1) is 7.11 Å². The first-order chi connectivity index (χ1) is 16.3. The molecule has 0 radical (unpaired) electrons. The Labute approximate surface area is 202 Å². The van der Waals surface area contributed by atoms with Crippen molar-refractivity contribution in [3.63, 3.8) is 0 Å². The third-order valence-electron chi connectivity index (χ3n) is 7.43. The predicted octanol–water partition coefficient (Wildman–Crippen LogP) is 4.33. The van der Waals surface area contributed by atoms with Crippen molar-refractivity contribution in [3.05, 3.63) is 52.8 Å². The highest BCUT2D eigenvalue weighted by Crippen LogP contribution is 2.40. The summed E-state index contributed by atoms with van der Waals surface area (Å²) in [5.41, 5.74) is 4.71. The zero-order valence-corrected chi connectivity index (χ0v) is 20.9. The lowest BCUT2D eigenvalue weighted by Crippen LogP contribution is -2.56. The molecule has 0 unspecified atom stereocenters. The standard InChI is InChI=1S/C27H36FN3O3/c1-18-19(2)25(34-17-27(32)29(3)4)12-10-22(18)24-8-6-7-21-16-30(13-14-31(21)24)20-9-11-23(28)26(15-20)33-5/h9-12,15,21,24H,6-8,13-14,16-17H2,1-5H3/t21-,24+/m0/s1. The highest BCUT2D eigenvalue weighted by molar-refractivity contribution is 5.77. The van der Waals surface area contributed by atoms with Gasteiger partial charge < -0.3 is 19.3 Å². The number of likely N-dealkylation sites (N-methyl/N-ethyl adjacent to an activating group) is 1. The molecule has 0 spiro atoms. The molecule has 0 bridgehead atoms. The Bertz CT molecular complexity index is 1040. The van der Waals surface area contributed by atoms with E-state index < -0.39 is 0 Å². The van der Waals surface area contributed by atoms with Crippen LogP contribution in [-0.4, -0.2) is 69.2 Å². The van der Waals surface area contributed by atoms with Gasteiger partial charge in [-0.3, -0.25) is 9.69 Å². The van der Waals surface area contributed by atoms with Crippen LogP contribution in [-0.2, 0) is 4.79 Å². The fraction of sp³-hybridized carbons (Fsp3) is 0.519. The van der Waals surface area contributed by atoms with Gasteiger partial charge in [0.15, 0.2) is 18.2 Å². The van der Waals surface area contributed by atoms with Crippen molar-refractivity contribution >= 4 is 11.6 Å². The van der Waals surface area contributed by atoms with E-state index in [1.54, 1.807) is 25.1 Å². The van der Waals surface area contributed by atoms with Crippen LogP contribution in [0.5, 0.6) is 11.5 Å². The Morgan fingerprint density at radius 2 is 1.88 bits per heavy atom. The first-order valence-corrected chi connectivity index (χ1v) is 12.1. The molecule has 4 rings (SSSR count). The van der Waals surface area contributed by atoms with Crippen molar-refractivity contribution in [1.29, 1.82) is 0 Å². The summed E-state index contributed by atoms with van der Waals surface area (Å²) in [6, 6.07) is 10.2. The second-order valence-electron chi connectivity index (χ2n) is 9.58. The maximum atomic E-state index is 13.9. The van der Waals surface area contributed by atoms with E-state index in [-0.39, 0.29) is 18.3 Å². The minimum atomic E-state index is -0.327. The van der Waals surface area contributed by atoms with Crippen LogP contribution in [0.3, 0.4) is 0 Å². The molecule has 6 nitrogen and oxygen atoms in total. The van der Waals surface area contributed by atoms with Gasteiger partial charge in [-0.2, -0.15) is 0 Å². The number of ether oxygens (including phenoxy) is 2. The van der Waals surface area contributed by atoms with E-state index >= 15 is 0 Å². The monoisotopic (exact) mass is 469 g/mol. The molecular weight excluding hydrogens is 433 g/mol. The Morgan fingerprint density at radius 3 is 2.62 bits per heavy atom. The van der Waals surface area contributed by atoms with Crippen molar-refractivity contribution in [3.8, 4) is 11.5 Å². The Hall–Kier alpha value is -2.80. The topological polar surface area (TPSA) is 45.3 Å². The van der Waals surface area contributed by atoms with E-state index in [2.05, 4.69) is 29.7 Å². The number of carbonyl (C=O) groups is 1. The van der Waals surface area contributed by atoms with Gasteiger partial charge in [-0.1, -0.05) is 6.07 Å². The third kappa shape index (κ3) is 4.85. The van der Waals surface area contributed by atoms with Crippen LogP contribution in [0, 0.1) is 19.7 Å². The third-order valence-corrected chi connectivity index (χ3v) is 7.43. The summed E-state index contributed by atoms with van der Waals surface area (Å²) >= 11 is 0. The van der Waals surface area contributed by atoms with Crippen molar-refractivity contribution in [1.82, 2.24) is 9.80 Å². The second-order valence-corrected chi connectivity index (χ2v) is 9.58. The molecule has 2 aliphatic rings. The molecule has 2 aromatic rings. The highest BCUT2D eigenvalue weighted by Gasteiger charge is 2.36. The number of fused-ring (bicyclic) bond motifs is 1. The number of nitrogens with zero attached hydrogens (tertiary/aromatic N) is 3. The molecule has 2 saturated heterocycles. The molecule has 2 aromatic carbocycles. The number of halogens is 1. The first-order valence-electron chi connectivity index (χ1n) is 12.1. The largest absolute Gasteiger partial charge is 0.494 e. The predicted molar refractivity (Wildman–Crippen MR) is 132 cm³/mol. The molecule has 2 fully saturated rings. The fourth-order valence-electron chi connectivity index (χ4n) is 5.27. The molecule has 0 aliphatic carbocycles. The number of hydrogen-bond donors (Lipinski definition) is 0. The number of amides is 1. The summed E-state index contributed by atoms with van der Waals surface area (Å²) in [5, 5.41) is 0. The number of carbonyl (C=O) groups excluding carboxylic acids is 1. The summed E-state index contributed by atoms with van der Waals surface area (Å²) < 4.78 is 24.9. The summed E-state index contributed by atoms with van der Waals surface area (Å²) in [4.78, 5) is 18.5. The quantitative estimate of drug-likeness (QED) is 0.630. The lowest BCUT2D eigenvalue weighted by molar-refractivity contribution is -0.130. The Balaban J connectivity index is 1.49. The minimum absolute atomic E-state index is 0.0482. The number of methoxy groups -OCH3 is 1. The molecular formula is C27H36FN3O3. The van der Waals surface area contributed by atoms with E-state index in [1.807, 2.05) is 12.1 Å². The van der Waals surface area contributed by atoms with Crippen LogP contribution in [0.2, 0.25) is 0 Å². The summed E-state index contributed by atoms with van der Waals surface area (Å²) in [6.07, 6.45) is 3.48. The highest BCUT2D eigenvalue weighted by atomic mass is 19.1. The maximum Gasteiger partial charge on any atom is 0.259 e. The summed E-state index contributed by atoms with van der Waals surface area (Å²) in [5.74, 6) is 0.695. The molecule has 0 saturated carbocycles. The van der Waals surface area contributed by atoms with Crippen molar-refractivity contribution < 1.29 is 18.7 Å². The van der Waals surface area contributed by atoms with Gasteiger partial charge in [0, 0.05) is 57.6 Å². The zero-order valence-electron chi connectivity index (χ0n) is 20.9. The molecule has 34 heavy (non-hydrogen) atoms. The smallest absolute Gasteiger partial charge is 0.259 e. The lowest BCUT2D eigenvalue weighted by Gasteiger charge is -2.49. The van der Waals surface area contributed by atoms with E-state index in [1.165, 1.54) is 30.7 Å². The Morgan fingerprint density at radius 1 is 1.09 bits per heavy atom. The van der Waals surface area contributed by atoms with Gasteiger partial charge >= 0.3 is 0 Å². The van der Waals surface area contributed by atoms with E-state index in [9.17, 15) is 9.18 Å². The summed E-state index contributed by atoms with van der Waals surface area (Å²) in [7, 11) is 4.98. The maximum absolute atomic E-state index is 13.9. The van der Waals surface area contributed by atoms with Gasteiger partial charge in [-0.05, 0) is 68.0 Å². The van der Waals surface area contributed by atoms with E-state index in [0.717, 1.165) is 49.5 Å². The van der Waals surface area contributed by atoms with Gasteiger partial charge in [0.2, 0.25) is 0 Å². The Kier molecular flexibility index (Phi) is 7.31. The number of piperazine rings is 1. The van der Waals surface area contributed by atoms with Crippen molar-refractivity contribution in [2.45, 2.75) is 45.2 Å². The normalized spacial score (nSPS) is 20.6. The van der Waals surface area contributed by atoms with Crippen LogP contribution in [0.25, 0.3) is 0 Å². The van der Waals surface area contributed by atoms with Crippen LogP contribution >= 0.6 is 0 Å². The van der Waals surface area contributed by atoms with E-state index in [4.69, 9.17) is 9.47 Å². The van der Waals surface area contributed by atoms with Gasteiger partial charge in [-0.15, -0.1) is 0 Å². The molecule has 7 heteroatoms. The lowest BCUT2D eigenvalue weighted by atomic mass is 9.86. The number of piperidine rings is 1. The SMILES string of the molecule is COc1cc(N2CCN3[C@@H](CCC[C@@H]3c3ccc(OCC(=O)N(C)C)c(C)c3C)C2)ccc1F. The van der Waals surface area contributed by atoms with Crippen LogP contribution in [0.4, 0.5) is 10.1 Å². The average molecular weight is 470 g/mol. The van der Waals surface area contributed by atoms with Gasteiger partial charge in [0.1, 0.15) is 5.75 Å². The molecule has 0 N–H and O–H groups in total. The molecule has 2 heterocycles. The summed E-state index contributed by atoms with van der Waals surface area (Å²) in [6.45, 7) is 7.08. The van der Waals surface area contributed by atoms with Gasteiger partial charge in [-0.25, -0.2) is 4.39 Å².